The van der Waals surface area contributed by atoms with Crippen molar-refractivity contribution in [2.75, 3.05) is 5.75 Å². The summed E-state index contributed by atoms with van der Waals surface area (Å²) in [5.41, 5.74) is 1.35. The minimum absolute atomic E-state index is 0.595. The SMILES string of the molecule is CC(C)[C@H]1CSC(=S)N1Cc1ccccc1. The zero-order valence-corrected chi connectivity index (χ0v) is 11.4. The molecule has 86 valence electrons. The summed E-state index contributed by atoms with van der Waals surface area (Å²) in [6, 6.07) is 11.2. The molecule has 0 aliphatic carbocycles. The summed E-state index contributed by atoms with van der Waals surface area (Å²) >= 11 is 7.24. The summed E-state index contributed by atoms with van der Waals surface area (Å²) in [7, 11) is 0. The van der Waals surface area contributed by atoms with Gasteiger partial charge in [-0.25, -0.2) is 0 Å². The third-order valence-electron chi connectivity index (χ3n) is 2.98. The van der Waals surface area contributed by atoms with Crippen LogP contribution in [0.3, 0.4) is 0 Å². The maximum Gasteiger partial charge on any atom is 0.137 e. The quantitative estimate of drug-likeness (QED) is 0.756. The molecule has 1 atom stereocenters. The maximum absolute atomic E-state index is 5.42. The van der Waals surface area contributed by atoms with Crippen molar-refractivity contribution in [1.29, 1.82) is 0 Å². The molecule has 0 unspecified atom stereocenters. The summed E-state index contributed by atoms with van der Waals surface area (Å²) < 4.78 is 1.06. The van der Waals surface area contributed by atoms with Crippen molar-refractivity contribution in [1.82, 2.24) is 4.90 Å². The molecular formula is C13H17NS2. The highest BCUT2D eigenvalue weighted by molar-refractivity contribution is 8.23. The fourth-order valence-electron chi connectivity index (χ4n) is 1.98. The van der Waals surface area contributed by atoms with E-state index in [4.69, 9.17) is 12.2 Å². The van der Waals surface area contributed by atoms with E-state index in [0.29, 0.717) is 12.0 Å². The largest absolute Gasteiger partial charge is 0.349 e. The van der Waals surface area contributed by atoms with Gasteiger partial charge in [0.25, 0.3) is 0 Å². The van der Waals surface area contributed by atoms with E-state index >= 15 is 0 Å². The molecular weight excluding hydrogens is 234 g/mol. The van der Waals surface area contributed by atoms with Gasteiger partial charge in [0.15, 0.2) is 0 Å². The van der Waals surface area contributed by atoms with Crippen LogP contribution < -0.4 is 0 Å². The van der Waals surface area contributed by atoms with Gasteiger partial charge >= 0.3 is 0 Å². The molecule has 1 aromatic rings. The molecule has 1 aromatic carbocycles. The number of thioether (sulfide) groups is 1. The van der Waals surface area contributed by atoms with Crippen LogP contribution in [0.25, 0.3) is 0 Å². The van der Waals surface area contributed by atoms with E-state index in [2.05, 4.69) is 49.1 Å². The molecule has 0 amide bonds. The van der Waals surface area contributed by atoms with Crippen LogP contribution in [0, 0.1) is 5.92 Å². The van der Waals surface area contributed by atoms with Crippen molar-refractivity contribution in [2.45, 2.75) is 26.4 Å². The van der Waals surface area contributed by atoms with Crippen LogP contribution in [0.2, 0.25) is 0 Å². The Morgan fingerprint density at radius 3 is 2.69 bits per heavy atom. The molecule has 1 fully saturated rings. The molecule has 0 N–H and O–H groups in total. The van der Waals surface area contributed by atoms with Gasteiger partial charge in [0, 0.05) is 18.3 Å². The van der Waals surface area contributed by atoms with Crippen LogP contribution in [0.5, 0.6) is 0 Å². The van der Waals surface area contributed by atoms with Gasteiger partial charge < -0.3 is 4.90 Å². The Bertz CT molecular complexity index is 361. The Balaban J connectivity index is 2.10. The van der Waals surface area contributed by atoms with Crippen LogP contribution in [-0.4, -0.2) is 21.0 Å². The number of rotatable bonds is 3. The van der Waals surface area contributed by atoms with Crippen LogP contribution >= 0.6 is 24.0 Å². The summed E-state index contributed by atoms with van der Waals surface area (Å²) in [6.45, 7) is 5.50. The van der Waals surface area contributed by atoms with Gasteiger partial charge in [0.1, 0.15) is 4.32 Å². The predicted molar refractivity (Wildman–Crippen MR) is 75.7 cm³/mol. The Labute approximate surface area is 107 Å². The first-order valence-electron chi connectivity index (χ1n) is 5.66. The molecule has 0 aromatic heterocycles. The first-order valence-corrected chi connectivity index (χ1v) is 7.05. The number of benzene rings is 1. The zero-order chi connectivity index (χ0) is 11.5. The van der Waals surface area contributed by atoms with Gasteiger partial charge in [-0.15, -0.1) is 0 Å². The highest BCUT2D eigenvalue weighted by atomic mass is 32.2. The van der Waals surface area contributed by atoms with E-state index in [1.54, 1.807) is 0 Å². The van der Waals surface area contributed by atoms with Crippen molar-refractivity contribution >= 4 is 28.3 Å². The molecule has 3 heteroatoms. The molecule has 1 saturated heterocycles. The fraction of sp³-hybridized carbons (Fsp3) is 0.462. The predicted octanol–water partition coefficient (Wildman–Crippen LogP) is 3.54. The molecule has 2 rings (SSSR count). The lowest BCUT2D eigenvalue weighted by Gasteiger charge is -2.28. The minimum atomic E-state index is 0.595. The van der Waals surface area contributed by atoms with Gasteiger partial charge in [-0.05, 0) is 11.5 Å². The van der Waals surface area contributed by atoms with Gasteiger partial charge in [-0.1, -0.05) is 68.2 Å². The van der Waals surface area contributed by atoms with E-state index in [9.17, 15) is 0 Å². The standard InChI is InChI=1S/C13H17NS2/c1-10(2)12-9-16-13(15)14(12)8-11-6-4-3-5-7-11/h3-7,10,12H,8-9H2,1-2H3/t12-/m1/s1. The second-order valence-electron chi connectivity index (χ2n) is 4.50. The monoisotopic (exact) mass is 251 g/mol. The molecule has 1 aliphatic rings. The molecule has 1 heterocycles. The van der Waals surface area contributed by atoms with E-state index < -0.39 is 0 Å². The molecule has 0 saturated carbocycles. The van der Waals surface area contributed by atoms with E-state index in [1.165, 1.54) is 5.56 Å². The summed E-state index contributed by atoms with van der Waals surface area (Å²) in [5.74, 6) is 1.81. The minimum Gasteiger partial charge on any atom is -0.349 e. The third-order valence-corrected chi connectivity index (χ3v) is 4.56. The van der Waals surface area contributed by atoms with Crippen molar-refractivity contribution in [3.05, 3.63) is 35.9 Å². The Hall–Kier alpha value is -0.540. The second kappa shape index (κ2) is 5.19. The van der Waals surface area contributed by atoms with E-state index in [0.717, 1.165) is 16.6 Å². The summed E-state index contributed by atoms with van der Waals surface area (Å²) in [6.07, 6.45) is 0. The van der Waals surface area contributed by atoms with E-state index in [1.807, 2.05) is 11.8 Å². The number of hydrogen-bond acceptors (Lipinski definition) is 2. The lowest BCUT2D eigenvalue weighted by atomic mass is 10.0. The molecule has 1 aliphatic heterocycles. The van der Waals surface area contributed by atoms with Crippen LogP contribution in [-0.2, 0) is 6.54 Å². The van der Waals surface area contributed by atoms with Crippen molar-refractivity contribution in [3.8, 4) is 0 Å². The van der Waals surface area contributed by atoms with Gasteiger partial charge in [0.05, 0.1) is 0 Å². The average Bonchev–Trinajstić information content (AvgIpc) is 2.62. The average molecular weight is 251 g/mol. The van der Waals surface area contributed by atoms with Crippen LogP contribution in [0.4, 0.5) is 0 Å². The van der Waals surface area contributed by atoms with Crippen LogP contribution in [0.1, 0.15) is 19.4 Å². The number of hydrogen-bond donors (Lipinski definition) is 0. The Morgan fingerprint density at radius 1 is 1.38 bits per heavy atom. The topological polar surface area (TPSA) is 3.24 Å². The molecule has 0 bridgehead atoms. The Morgan fingerprint density at radius 2 is 2.06 bits per heavy atom. The van der Waals surface area contributed by atoms with Crippen molar-refractivity contribution in [2.24, 2.45) is 5.92 Å². The lowest BCUT2D eigenvalue weighted by Crippen LogP contribution is -2.36. The summed E-state index contributed by atoms with van der Waals surface area (Å²) in [5, 5.41) is 0. The lowest BCUT2D eigenvalue weighted by molar-refractivity contribution is 0.281. The summed E-state index contributed by atoms with van der Waals surface area (Å²) in [4.78, 5) is 2.38. The molecule has 16 heavy (non-hydrogen) atoms. The highest BCUT2D eigenvalue weighted by Crippen LogP contribution is 2.30. The van der Waals surface area contributed by atoms with Gasteiger partial charge in [-0.2, -0.15) is 0 Å². The van der Waals surface area contributed by atoms with E-state index in [-0.39, 0.29) is 0 Å². The molecule has 1 nitrogen and oxygen atoms in total. The third kappa shape index (κ3) is 2.58. The highest BCUT2D eigenvalue weighted by Gasteiger charge is 2.30. The maximum atomic E-state index is 5.42. The van der Waals surface area contributed by atoms with Crippen LogP contribution in [0.15, 0.2) is 30.3 Å². The normalized spacial score (nSPS) is 20.8. The van der Waals surface area contributed by atoms with Crippen molar-refractivity contribution in [3.63, 3.8) is 0 Å². The first kappa shape index (κ1) is 11.9. The second-order valence-corrected chi connectivity index (χ2v) is 6.16. The van der Waals surface area contributed by atoms with Crippen molar-refractivity contribution < 1.29 is 0 Å². The Kier molecular flexibility index (Phi) is 3.87. The van der Waals surface area contributed by atoms with Gasteiger partial charge in [0.2, 0.25) is 0 Å². The number of thiocarbonyl (C=S) groups is 1. The molecule has 0 spiro atoms. The first-order chi connectivity index (χ1) is 7.68. The smallest absolute Gasteiger partial charge is 0.137 e. The van der Waals surface area contributed by atoms with Gasteiger partial charge in [-0.3, -0.25) is 0 Å². The molecule has 0 radical (unpaired) electrons. The fourth-order valence-corrected chi connectivity index (χ4v) is 3.63. The number of nitrogens with zero attached hydrogens (tertiary/aromatic N) is 1. The zero-order valence-electron chi connectivity index (χ0n) is 9.72.